The topological polar surface area (TPSA) is 85.0 Å². The fraction of sp³-hybridized carbons (Fsp3) is 0.625. The lowest BCUT2D eigenvalue weighted by molar-refractivity contribution is -0.132. The minimum atomic E-state index is -0.714. The first-order valence-electron chi connectivity index (χ1n) is 12.0. The molecular formula is C24H35N5O3. The van der Waals surface area contributed by atoms with Gasteiger partial charge >= 0.3 is 6.03 Å². The molecule has 1 spiro atoms. The van der Waals surface area contributed by atoms with Crippen molar-refractivity contribution in [3.05, 3.63) is 35.9 Å². The van der Waals surface area contributed by atoms with E-state index < -0.39 is 5.54 Å². The van der Waals surface area contributed by atoms with Crippen LogP contribution in [0.5, 0.6) is 0 Å². The van der Waals surface area contributed by atoms with E-state index in [9.17, 15) is 14.4 Å². The molecule has 2 aliphatic heterocycles. The van der Waals surface area contributed by atoms with E-state index in [0.717, 1.165) is 58.5 Å². The third-order valence-corrected chi connectivity index (χ3v) is 6.98. The van der Waals surface area contributed by atoms with Gasteiger partial charge < -0.3 is 10.6 Å². The lowest BCUT2D eigenvalue weighted by Gasteiger charge is -2.34. The Hall–Kier alpha value is -2.45. The van der Waals surface area contributed by atoms with E-state index in [1.165, 1.54) is 10.5 Å². The van der Waals surface area contributed by atoms with E-state index in [4.69, 9.17) is 0 Å². The number of rotatable bonds is 8. The van der Waals surface area contributed by atoms with Gasteiger partial charge in [0, 0.05) is 58.8 Å². The average Bonchev–Trinajstić information content (AvgIpc) is 3.03. The normalized spacial score (nSPS) is 21.7. The number of piperazine rings is 1. The second kappa shape index (κ2) is 10.4. The maximum atomic E-state index is 12.8. The quantitative estimate of drug-likeness (QED) is 0.598. The predicted molar refractivity (Wildman–Crippen MR) is 122 cm³/mol. The Morgan fingerprint density at radius 3 is 2.34 bits per heavy atom. The van der Waals surface area contributed by atoms with Crippen LogP contribution in [0.15, 0.2) is 30.3 Å². The van der Waals surface area contributed by atoms with E-state index in [0.29, 0.717) is 19.4 Å². The molecule has 2 saturated heterocycles. The van der Waals surface area contributed by atoms with Crippen molar-refractivity contribution in [1.82, 2.24) is 25.3 Å². The first kappa shape index (κ1) is 22.7. The number of carbonyl (C=O) groups excluding carboxylic acids is 3. The molecule has 3 fully saturated rings. The van der Waals surface area contributed by atoms with Crippen LogP contribution in [0.4, 0.5) is 4.79 Å². The zero-order valence-electron chi connectivity index (χ0n) is 18.9. The highest BCUT2D eigenvalue weighted by atomic mass is 16.2. The second-order valence-corrected chi connectivity index (χ2v) is 9.23. The summed E-state index contributed by atoms with van der Waals surface area (Å²) in [7, 11) is 0. The van der Waals surface area contributed by atoms with Gasteiger partial charge in [0.05, 0.1) is 0 Å². The second-order valence-electron chi connectivity index (χ2n) is 9.23. The van der Waals surface area contributed by atoms with Crippen molar-refractivity contribution < 1.29 is 14.4 Å². The van der Waals surface area contributed by atoms with Crippen LogP contribution in [0.2, 0.25) is 0 Å². The van der Waals surface area contributed by atoms with Crippen LogP contribution in [-0.2, 0) is 16.1 Å². The first-order chi connectivity index (χ1) is 15.6. The number of nitrogens with one attached hydrogen (secondary N) is 2. The smallest absolute Gasteiger partial charge is 0.325 e. The third kappa shape index (κ3) is 5.48. The van der Waals surface area contributed by atoms with Crippen LogP contribution >= 0.6 is 0 Å². The predicted octanol–water partition coefficient (Wildman–Crippen LogP) is 1.57. The molecule has 4 amide bonds. The SMILES string of the molecule is O=C(CCN1C(=O)NC2(CCCCC2)C1=O)NCCN1CCN(Cc2ccccc2)CC1. The largest absolute Gasteiger partial charge is 0.355 e. The third-order valence-electron chi connectivity index (χ3n) is 6.98. The van der Waals surface area contributed by atoms with Crippen LogP contribution in [0.3, 0.4) is 0 Å². The van der Waals surface area contributed by atoms with Crippen LogP contribution in [0, 0.1) is 0 Å². The minimum absolute atomic E-state index is 0.113. The molecule has 4 rings (SSSR count). The molecule has 32 heavy (non-hydrogen) atoms. The summed E-state index contributed by atoms with van der Waals surface area (Å²) >= 11 is 0. The zero-order valence-corrected chi connectivity index (χ0v) is 18.9. The van der Waals surface area contributed by atoms with Gasteiger partial charge in [-0.25, -0.2) is 4.79 Å². The van der Waals surface area contributed by atoms with Crippen LogP contribution in [0.1, 0.15) is 44.1 Å². The van der Waals surface area contributed by atoms with Gasteiger partial charge in [0.25, 0.3) is 5.91 Å². The summed E-state index contributed by atoms with van der Waals surface area (Å²) in [6.07, 6.45) is 4.59. The summed E-state index contributed by atoms with van der Waals surface area (Å²) in [6, 6.07) is 10.2. The molecule has 174 valence electrons. The maximum absolute atomic E-state index is 12.8. The van der Waals surface area contributed by atoms with E-state index in [1.807, 2.05) is 6.07 Å². The fourth-order valence-corrected chi connectivity index (χ4v) is 5.04. The standard InChI is InChI=1S/C24H35N5O3/c30-21(9-13-29-22(31)24(26-23(29)32)10-5-2-6-11-24)25-12-14-27-15-17-28(18-16-27)19-20-7-3-1-4-8-20/h1,3-4,7-8H,2,5-6,9-19H2,(H,25,30)(H,26,32). The summed E-state index contributed by atoms with van der Waals surface area (Å²) in [6.45, 7) is 6.57. The Balaban J connectivity index is 1.11. The number of urea groups is 1. The van der Waals surface area contributed by atoms with Crippen molar-refractivity contribution in [1.29, 1.82) is 0 Å². The average molecular weight is 442 g/mol. The molecular weight excluding hydrogens is 406 g/mol. The summed E-state index contributed by atoms with van der Waals surface area (Å²) in [5.74, 6) is -0.263. The number of benzene rings is 1. The van der Waals surface area contributed by atoms with Crippen molar-refractivity contribution in [3.8, 4) is 0 Å². The maximum Gasteiger partial charge on any atom is 0.325 e. The molecule has 2 heterocycles. The molecule has 0 aromatic heterocycles. The van der Waals surface area contributed by atoms with Crippen molar-refractivity contribution in [2.24, 2.45) is 0 Å². The lowest BCUT2D eigenvalue weighted by Crippen LogP contribution is -2.48. The summed E-state index contributed by atoms with van der Waals surface area (Å²) in [5, 5.41) is 5.83. The molecule has 1 saturated carbocycles. The molecule has 0 bridgehead atoms. The zero-order chi connectivity index (χ0) is 22.4. The molecule has 0 radical (unpaired) electrons. The fourth-order valence-electron chi connectivity index (χ4n) is 5.04. The highest BCUT2D eigenvalue weighted by molar-refractivity contribution is 6.07. The molecule has 0 unspecified atom stereocenters. The summed E-state index contributed by atoms with van der Waals surface area (Å²) in [5.41, 5.74) is 0.627. The van der Waals surface area contributed by atoms with Crippen LogP contribution in [-0.4, -0.2) is 83.9 Å². The van der Waals surface area contributed by atoms with Gasteiger partial charge in [-0.15, -0.1) is 0 Å². The van der Waals surface area contributed by atoms with E-state index in [1.54, 1.807) is 0 Å². The molecule has 1 aromatic rings. The Labute approximate surface area is 190 Å². The van der Waals surface area contributed by atoms with Gasteiger partial charge in [0.2, 0.25) is 5.91 Å². The molecule has 2 N–H and O–H groups in total. The van der Waals surface area contributed by atoms with Crippen molar-refractivity contribution in [2.45, 2.75) is 50.6 Å². The summed E-state index contributed by atoms with van der Waals surface area (Å²) < 4.78 is 0. The number of imide groups is 1. The lowest BCUT2D eigenvalue weighted by atomic mass is 9.82. The van der Waals surface area contributed by atoms with Gasteiger partial charge in [0.1, 0.15) is 5.54 Å². The van der Waals surface area contributed by atoms with Crippen LogP contribution < -0.4 is 10.6 Å². The first-order valence-corrected chi connectivity index (χ1v) is 12.0. The van der Waals surface area contributed by atoms with Crippen molar-refractivity contribution in [2.75, 3.05) is 45.8 Å². The van der Waals surface area contributed by atoms with Crippen molar-refractivity contribution >= 4 is 17.8 Å². The van der Waals surface area contributed by atoms with Crippen LogP contribution in [0.25, 0.3) is 0 Å². The van der Waals surface area contributed by atoms with Crippen molar-refractivity contribution in [3.63, 3.8) is 0 Å². The molecule has 1 aromatic carbocycles. The number of hydrogen-bond donors (Lipinski definition) is 2. The molecule has 8 heteroatoms. The number of amides is 4. The van der Waals surface area contributed by atoms with Gasteiger partial charge in [-0.1, -0.05) is 49.6 Å². The Bertz CT molecular complexity index is 801. The summed E-state index contributed by atoms with van der Waals surface area (Å²) in [4.78, 5) is 43.4. The number of nitrogens with zero attached hydrogens (tertiary/aromatic N) is 3. The Morgan fingerprint density at radius 2 is 1.62 bits per heavy atom. The molecule has 0 atom stereocenters. The molecule has 3 aliphatic rings. The number of hydrogen-bond acceptors (Lipinski definition) is 5. The van der Waals surface area contributed by atoms with E-state index in [-0.39, 0.29) is 30.8 Å². The molecule has 8 nitrogen and oxygen atoms in total. The van der Waals surface area contributed by atoms with Gasteiger partial charge in [0.15, 0.2) is 0 Å². The highest BCUT2D eigenvalue weighted by Crippen LogP contribution is 2.33. The monoisotopic (exact) mass is 441 g/mol. The number of carbonyl (C=O) groups is 3. The minimum Gasteiger partial charge on any atom is -0.355 e. The molecule has 1 aliphatic carbocycles. The Kier molecular flexibility index (Phi) is 7.42. The van der Waals surface area contributed by atoms with Gasteiger partial charge in [-0.2, -0.15) is 0 Å². The van der Waals surface area contributed by atoms with Gasteiger partial charge in [-0.05, 0) is 18.4 Å². The van der Waals surface area contributed by atoms with E-state index >= 15 is 0 Å². The van der Waals surface area contributed by atoms with Gasteiger partial charge in [-0.3, -0.25) is 24.3 Å². The van der Waals surface area contributed by atoms with E-state index in [2.05, 4.69) is 44.7 Å². The highest BCUT2D eigenvalue weighted by Gasteiger charge is 2.51. The Morgan fingerprint density at radius 1 is 0.938 bits per heavy atom.